The Kier molecular flexibility index (Phi) is 4.77. The number of aryl methyl sites for hydroxylation is 2. The summed E-state index contributed by atoms with van der Waals surface area (Å²) >= 11 is 0. The number of aromatic nitrogens is 1. The van der Waals surface area contributed by atoms with E-state index in [4.69, 9.17) is 4.98 Å². The van der Waals surface area contributed by atoms with Crippen LogP contribution in [0.25, 0.3) is 0 Å². The van der Waals surface area contributed by atoms with Gasteiger partial charge in [0.15, 0.2) is 0 Å². The Morgan fingerprint density at radius 3 is 2.74 bits per heavy atom. The molecule has 1 aromatic heterocycles. The highest BCUT2D eigenvalue weighted by atomic mass is 15.2. The standard InChI is InChI=1S/C15H26N4/c1-12-10-13(2)17-15(14(12)11-16-3)19-7-5-6-18(4)8-9-19/h10,16H,5-9,11H2,1-4H3. The third-order valence-electron chi connectivity index (χ3n) is 3.83. The van der Waals surface area contributed by atoms with Crippen molar-refractivity contribution in [3.8, 4) is 0 Å². The minimum atomic E-state index is 0.890. The summed E-state index contributed by atoms with van der Waals surface area (Å²) < 4.78 is 0. The van der Waals surface area contributed by atoms with Gasteiger partial charge >= 0.3 is 0 Å². The molecule has 1 N–H and O–H groups in total. The average molecular weight is 262 g/mol. The van der Waals surface area contributed by atoms with Crippen LogP contribution >= 0.6 is 0 Å². The lowest BCUT2D eigenvalue weighted by atomic mass is 10.1. The summed E-state index contributed by atoms with van der Waals surface area (Å²) in [6, 6.07) is 2.18. The quantitative estimate of drug-likeness (QED) is 0.896. The van der Waals surface area contributed by atoms with Crippen LogP contribution in [0.15, 0.2) is 6.07 Å². The lowest BCUT2D eigenvalue weighted by molar-refractivity contribution is 0.360. The molecule has 4 heteroatoms. The summed E-state index contributed by atoms with van der Waals surface area (Å²) in [6.07, 6.45) is 1.21. The van der Waals surface area contributed by atoms with Crippen LogP contribution in [0.5, 0.6) is 0 Å². The number of hydrogen-bond donors (Lipinski definition) is 1. The topological polar surface area (TPSA) is 31.4 Å². The van der Waals surface area contributed by atoms with E-state index in [1.165, 1.54) is 29.9 Å². The summed E-state index contributed by atoms with van der Waals surface area (Å²) in [6.45, 7) is 9.65. The van der Waals surface area contributed by atoms with Gasteiger partial charge in [0.1, 0.15) is 5.82 Å². The Balaban J connectivity index is 2.31. The molecule has 1 fully saturated rings. The normalized spacial score (nSPS) is 17.6. The van der Waals surface area contributed by atoms with Crippen molar-refractivity contribution in [3.63, 3.8) is 0 Å². The largest absolute Gasteiger partial charge is 0.355 e. The fraction of sp³-hybridized carbons (Fsp3) is 0.667. The van der Waals surface area contributed by atoms with Gasteiger partial charge in [0, 0.05) is 37.4 Å². The molecular weight excluding hydrogens is 236 g/mol. The molecule has 0 aliphatic carbocycles. The van der Waals surface area contributed by atoms with Crippen molar-refractivity contribution in [2.75, 3.05) is 45.2 Å². The number of hydrogen-bond acceptors (Lipinski definition) is 4. The van der Waals surface area contributed by atoms with Crippen molar-refractivity contribution in [1.82, 2.24) is 15.2 Å². The van der Waals surface area contributed by atoms with Gasteiger partial charge in [-0.3, -0.25) is 0 Å². The van der Waals surface area contributed by atoms with Gasteiger partial charge in [-0.2, -0.15) is 0 Å². The maximum atomic E-state index is 4.81. The van der Waals surface area contributed by atoms with E-state index in [0.29, 0.717) is 0 Å². The molecule has 0 radical (unpaired) electrons. The Hall–Kier alpha value is -1.13. The number of likely N-dealkylation sites (N-methyl/N-ethyl adjacent to an activating group) is 1. The summed E-state index contributed by atoms with van der Waals surface area (Å²) in [7, 11) is 4.20. The zero-order chi connectivity index (χ0) is 13.8. The highest BCUT2D eigenvalue weighted by Gasteiger charge is 2.18. The lowest BCUT2D eigenvalue weighted by Crippen LogP contribution is -2.31. The van der Waals surface area contributed by atoms with E-state index in [0.717, 1.165) is 31.9 Å². The molecule has 2 heterocycles. The van der Waals surface area contributed by atoms with E-state index in [1.807, 2.05) is 7.05 Å². The lowest BCUT2D eigenvalue weighted by Gasteiger charge is -2.26. The van der Waals surface area contributed by atoms with Crippen LogP contribution in [0.3, 0.4) is 0 Å². The molecule has 1 aliphatic heterocycles. The van der Waals surface area contributed by atoms with Crippen molar-refractivity contribution < 1.29 is 0 Å². The molecule has 0 aromatic carbocycles. The monoisotopic (exact) mass is 262 g/mol. The van der Waals surface area contributed by atoms with Crippen molar-refractivity contribution >= 4 is 5.82 Å². The second-order valence-corrected chi connectivity index (χ2v) is 5.56. The predicted octanol–water partition coefficient (Wildman–Crippen LogP) is 1.56. The summed E-state index contributed by atoms with van der Waals surface area (Å²) in [5.74, 6) is 1.18. The van der Waals surface area contributed by atoms with E-state index >= 15 is 0 Å². The molecule has 1 aromatic rings. The van der Waals surface area contributed by atoms with Crippen molar-refractivity contribution in [1.29, 1.82) is 0 Å². The van der Waals surface area contributed by atoms with Gasteiger partial charge in [0.2, 0.25) is 0 Å². The van der Waals surface area contributed by atoms with Gasteiger partial charge in [-0.05, 0) is 52.5 Å². The SMILES string of the molecule is CNCc1c(C)cc(C)nc1N1CCCN(C)CC1. The van der Waals surface area contributed by atoms with Gasteiger partial charge in [-0.1, -0.05) is 0 Å². The first kappa shape index (κ1) is 14.3. The summed E-state index contributed by atoms with van der Waals surface area (Å²) in [5, 5.41) is 3.27. The highest BCUT2D eigenvalue weighted by molar-refractivity contribution is 5.51. The van der Waals surface area contributed by atoms with Gasteiger partial charge in [-0.15, -0.1) is 0 Å². The van der Waals surface area contributed by atoms with E-state index < -0.39 is 0 Å². The average Bonchev–Trinajstić information content (AvgIpc) is 2.57. The second-order valence-electron chi connectivity index (χ2n) is 5.56. The molecular formula is C15H26N4. The predicted molar refractivity (Wildman–Crippen MR) is 80.8 cm³/mol. The minimum absolute atomic E-state index is 0.890. The summed E-state index contributed by atoms with van der Waals surface area (Å²) in [5.41, 5.74) is 3.80. The number of pyridine rings is 1. The fourth-order valence-corrected chi connectivity index (χ4v) is 2.76. The third-order valence-corrected chi connectivity index (χ3v) is 3.83. The number of nitrogens with one attached hydrogen (secondary N) is 1. The first-order chi connectivity index (χ1) is 9.11. The smallest absolute Gasteiger partial charge is 0.133 e. The van der Waals surface area contributed by atoms with Gasteiger partial charge in [-0.25, -0.2) is 4.98 Å². The Bertz CT molecular complexity index is 430. The van der Waals surface area contributed by atoms with E-state index in [-0.39, 0.29) is 0 Å². The minimum Gasteiger partial charge on any atom is -0.355 e. The number of rotatable bonds is 3. The molecule has 1 aliphatic rings. The molecule has 4 nitrogen and oxygen atoms in total. The zero-order valence-corrected chi connectivity index (χ0v) is 12.7. The van der Waals surface area contributed by atoms with Crippen molar-refractivity contribution in [3.05, 3.63) is 22.9 Å². The van der Waals surface area contributed by atoms with E-state index in [1.54, 1.807) is 0 Å². The molecule has 0 unspecified atom stereocenters. The van der Waals surface area contributed by atoms with Gasteiger partial charge < -0.3 is 15.1 Å². The van der Waals surface area contributed by atoms with Crippen molar-refractivity contribution in [2.24, 2.45) is 0 Å². The maximum Gasteiger partial charge on any atom is 0.133 e. The van der Waals surface area contributed by atoms with Crippen LogP contribution in [-0.4, -0.2) is 50.2 Å². The Morgan fingerprint density at radius 2 is 2.00 bits per heavy atom. The number of anilines is 1. The highest BCUT2D eigenvalue weighted by Crippen LogP contribution is 2.23. The molecule has 0 spiro atoms. The molecule has 106 valence electrons. The molecule has 0 atom stereocenters. The third kappa shape index (κ3) is 3.45. The van der Waals surface area contributed by atoms with Crippen LogP contribution in [0.1, 0.15) is 23.2 Å². The summed E-state index contributed by atoms with van der Waals surface area (Å²) in [4.78, 5) is 9.67. The fourth-order valence-electron chi connectivity index (χ4n) is 2.76. The van der Waals surface area contributed by atoms with Crippen LogP contribution in [0.2, 0.25) is 0 Å². The van der Waals surface area contributed by atoms with Crippen LogP contribution in [0, 0.1) is 13.8 Å². The number of nitrogens with zero attached hydrogens (tertiary/aromatic N) is 3. The van der Waals surface area contributed by atoms with Crippen LogP contribution in [0.4, 0.5) is 5.82 Å². The maximum absolute atomic E-state index is 4.81. The first-order valence-corrected chi connectivity index (χ1v) is 7.17. The molecule has 2 rings (SSSR count). The second kappa shape index (κ2) is 6.35. The molecule has 1 saturated heterocycles. The first-order valence-electron chi connectivity index (χ1n) is 7.17. The zero-order valence-electron chi connectivity index (χ0n) is 12.7. The molecule has 19 heavy (non-hydrogen) atoms. The Labute approximate surface area is 116 Å². The molecule has 0 saturated carbocycles. The van der Waals surface area contributed by atoms with E-state index in [2.05, 4.69) is 42.1 Å². The van der Waals surface area contributed by atoms with E-state index in [9.17, 15) is 0 Å². The van der Waals surface area contributed by atoms with Crippen LogP contribution in [-0.2, 0) is 6.54 Å². The van der Waals surface area contributed by atoms with Crippen molar-refractivity contribution in [2.45, 2.75) is 26.8 Å². The molecule has 0 bridgehead atoms. The Morgan fingerprint density at radius 1 is 1.21 bits per heavy atom. The van der Waals surface area contributed by atoms with Gasteiger partial charge in [0.05, 0.1) is 0 Å². The van der Waals surface area contributed by atoms with Crippen LogP contribution < -0.4 is 10.2 Å². The molecule has 0 amide bonds. The van der Waals surface area contributed by atoms with Gasteiger partial charge in [0.25, 0.3) is 0 Å².